The first-order valence-corrected chi connectivity index (χ1v) is 4.54. The summed E-state index contributed by atoms with van der Waals surface area (Å²) in [6.07, 6.45) is 1.44. The summed E-state index contributed by atoms with van der Waals surface area (Å²) in [6.45, 7) is 3.76. The Morgan fingerprint density at radius 1 is 1.20 bits per heavy atom. The number of rotatable bonds is 1. The van der Waals surface area contributed by atoms with Crippen molar-refractivity contribution in [3.05, 3.63) is 11.6 Å². The van der Waals surface area contributed by atoms with E-state index in [9.17, 15) is 0 Å². The van der Waals surface area contributed by atoms with Gasteiger partial charge in [0.05, 0.1) is 0 Å². The predicted molar refractivity (Wildman–Crippen MR) is 64.4 cm³/mol. The Labute approximate surface area is 105 Å². The number of nitrogens with one attached hydrogen (secondary N) is 1. The van der Waals surface area contributed by atoms with Crippen LogP contribution in [-0.2, 0) is 0 Å². The minimum Gasteiger partial charge on any atom is -0.338 e. The molecule has 0 radical (unpaired) electrons. The lowest BCUT2D eigenvalue weighted by molar-refractivity contribution is 0.579. The summed E-state index contributed by atoms with van der Waals surface area (Å²) >= 11 is 5.66. The molecule has 0 aromatic carbocycles. The molecular weight excluding hydrogens is 260 g/mol. The second-order valence-electron chi connectivity index (χ2n) is 2.79. The molecule has 0 bridgehead atoms. The van der Waals surface area contributed by atoms with Crippen LogP contribution in [0.25, 0.3) is 0 Å². The van der Waals surface area contributed by atoms with E-state index in [2.05, 4.69) is 25.2 Å². The minimum absolute atomic E-state index is 0. The van der Waals surface area contributed by atoms with Crippen LogP contribution in [0.1, 0.15) is 0 Å². The summed E-state index contributed by atoms with van der Waals surface area (Å²) in [7, 11) is 0. The molecule has 1 saturated heterocycles. The summed E-state index contributed by atoms with van der Waals surface area (Å²) in [6, 6.07) is 0. The monoisotopic (exact) mass is 271 g/mol. The van der Waals surface area contributed by atoms with E-state index < -0.39 is 0 Å². The third-order valence-corrected chi connectivity index (χ3v) is 2.11. The maximum Gasteiger partial charge on any atom is 0.229 e. The number of aromatic nitrogens is 3. The summed E-state index contributed by atoms with van der Waals surface area (Å²) in [5.74, 6) is 0.668. The molecule has 8 heteroatoms. The molecule has 0 aliphatic carbocycles. The van der Waals surface area contributed by atoms with Crippen LogP contribution in [0.5, 0.6) is 0 Å². The van der Waals surface area contributed by atoms with Crippen LogP contribution < -0.4 is 10.2 Å². The highest BCUT2D eigenvalue weighted by atomic mass is 35.5. The van der Waals surface area contributed by atoms with Gasteiger partial charge in [0.2, 0.25) is 11.2 Å². The Hall–Kier alpha value is -0.360. The van der Waals surface area contributed by atoms with Crippen LogP contribution in [-0.4, -0.2) is 41.1 Å². The quantitative estimate of drug-likeness (QED) is 0.819. The molecule has 1 aromatic rings. The topological polar surface area (TPSA) is 53.9 Å². The molecule has 0 amide bonds. The number of anilines is 1. The molecule has 0 spiro atoms. The van der Waals surface area contributed by atoms with Crippen molar-refractivity contribution < 1.29 is 0 Å². The average Bonchev–Trinajstić information content (AvgIpc) is 2.19. The van der Waals surface area contributed by atoms with Crippen molar-refractivity contribution in [3.8, 4) is 0 Å². The van der Waals surface area contributed by atoms with E-state index in [1.165, 1.54) is 6.33 Å². The number of piperazine rings is 1. The predicted octanol–water partition coefficient (Wildman–Crippen LogP) is 0.778. The van der Waals surface area contributed by atoms with Crippen molar-refractivity contribution in [2.45, 2.75) is 0 Å². The van der Waals surface area contributed by atoms with E-state index in [4.69, 9.17) is 11.6 Å². The fraction of sp³-hybridized carbons (Fsp3) is 0.571. The maximum absolute atomic E-state index is 5.66. The van der Waals surface area contributed by atoms with Crippen molar-refractivity contribution in [1.82, 2.24) is 20.3 Å². The molecule has 0 atom stereocenters. The number of hydrogen-bond donors (Lipinski definition) is 1. The molecule has 1 fully saturated rings. The molecular formula is C7H12Cl3N5. The fourth-order valence-electron chi connectivity index (χ4n) is 1.29. The third kappa shape index (κ3) is 3.95. The summed E-state index contributed by atoms with van der Waals surface area (Å²) in [4.78, 5) is 13.9. The first-order chi connectivity index (χ1) is 6.36. The molecule has 1 aliphatic heterocycles. The largest absolute Gasteiger partial charge is 0.338 e. The smallest absolute Gasteiger partial charge is 0.229 e. The van der Waals surface area contributed by atoms with Gasteiger partial charge in [-0.15, -0.1) is 24.8 Å². The Bertz CT molecular complexity index is 292. The highest BCUT2D eigenvalue weighted by Crippen LogP contribution is 2.08. The van der Waals surface area contributed by atoms with Gasteiger partial charge in [0.15, 0.2) is 0 Å². The highest BCUT2D eigenvalue weighted by Gasteiger charge is 2.12. The average molecular weight is 273 g/mol. The summed E-state index contributed by atoms with van der Waals surface area (Å²) in [5, 5.41) is 3.51. The highest BCUT2D eigenvalue weighted by molar-refractivity contribution is 6.28. The van der Waals surface area contributed by atoms with Gasteiger partial charge in [-0.2, -0.15) is 4.98 Å². The van der Waals surface area contributed by atoms with E-state index in [0.29, 0.717) is 5.95 Å². The van der Waals surface area contributed by atoms with Crippen molar-refractivity contribution in [3.63, 3.8) is 0 Å². The maximum atomic E-state index is 5.66. The number of hydrogen-bond acceptors (Lipinski definition) is 5. The standard InChI is InChI=1S/C7H10ClN5.2ClH/c8-6-10-5-11-7(12-6)13-3-1-9-2-4-13;;/h5,9H,1-4H2;2*1H. The Kier molecular flexibility index (Phi) is 6.84. The minimum atomic E-state index is 0. The second kappa shape index (κ2) is 7.00. The molecule has 2 heterocycles. The zero-order valence-electron chi connectivity index (χ0n) is 7.89. The molecule has 1 aromatic heterocycles. The van der Waals surface area contributed by atoms with Crippen LogP contribution in [0.15, 0.2) is 6.33 Å². The van der Waals surface area contributed by atoms with Gasteiger partial charge in [-0.1, -0.05) is 0 Å². The number of nitrogens with zero attached hydrogens (tertiary/aromatic N) is 4. The summed E-state index contributed by atoms with van der Waals surface area (Å²) in [5.41, 5.74) is 0. The summed E-state index contributed by atoms with van der Waals surface area (Å²) < 4.78 is 0. The molecule has 2 rings (SSSR count). The van der Waals surface area contributed by atoms with Gasteiger partial charge in [-0.3, -0.25) is 0 Å². The van der Waals surface area contributed by atoms with Gasteiger partial charge in [0.25, 0.3) is 0 Å². The zero-order chi connectivity index (χ0) is 9.10. The Morgan fingerprint density at radius 2 is 1.87 bits per heavy atom. The van der Waals surface area contributed by atoms with Gasteiger partial charge >= 0.3 is 0 Å². The normalized spacial score (nSPS) is 15.1. The first-order valence-electron chi connectivity index (χ1n) is 4.16. The van der Waals surface area contributed by atoms with E-state index in [-0.39, 0.29) is 30.1 Å². The van der Waals surface area contributed by atoms with Crippen LogP contribution in [0.3, 0.4) is 0 Å². The van der Waals surface area contributed by atoms with Gasteiger partial charge < -0.3 is 10.2 Å². The molecule has 86 valence electrons. The zero-order valence-corrected chi connectivity index (χ0v) is 10.3. The molecule has 5 nitrogen and oxygen atoms in total. The molecule has 0 unspecified atom stereocenters. The Balaban J connectivity index is 0.000000980. The Morgan fingerprint density at radius 3 is 2.47 bits per heavy atom. The van der Waals surface area contributed by atoms with Crippen molar-refractivity contribution in [1.29, 1.82) is 0 Å². The van der Waals surface area contributed by atoms with Gasteiger partial charge in [0, 0.05) is 26.2 Å². The molecule has 1 aliphatic rings. The fourth-order valence-corrected chi connectivity index (χ4v) is 1.40. The van der Waals surface area contributed by atoms with E-state index in [0.717, 1.165) is 26.2 Å². The van der Waals surface area contributed by atoms with Crippen molar-refractivity contribution in [2.75, 3.05) is 31.1 Å². The van der Waals surface area contributed by atoms with E-state index in [1.54, 1.807) is 0 Å². The van der Waals surface area contributed by atoms with E-state index >= 15 is 0 Å². The second-order valence-corrected chi connectivity index (χ2v) is 3.13. The SMILES string of the molecule is Cl.Cl.Clc1ncnc(N2CCNCC2)n1. The molecule has 15 heavy (non-hydrogen) atoms. The molecule has 1 N–H and O–H groups in total. The third-order valence-electron chi connectivity index (χ3n) is 1.93. The first kappa shape index (κ1) is 14.6. The van der Waals surface area contributed by atoms with Crippen molar-refractivity contribution in [2.24, 2.45) is 0 Å². The van der Waals surface area contributed by atoms with Crippen LogP contribution in [0, 0.1) is 0 Å². The van der Waals surface area contributed by atoms with E-state index in [1.807, 2.05) is 0 Å². The van der Waals surface area contributed by atoms with Crippen LogP contribution in [0.4, 0.5) is 5.95 Å². The lowest BCUT2D eigenvalue weighted by Crippen LogP contribution is -2.44. The number of halogens is 3. The lowest BCUT2D eigenvalue weighted by Gasteiger charge is -2.26. The lowest BCUT2D eigenvalue weighted by atomic mass is 10.4. The van der Waals surface area contributed by atoms with Gasteiger partial charge in [-0.05, 0) is 11.6 Å². The van der Waals surface area contributed by atoms with Gasteiger partial charge in [-0.25, -0.2) is 9.97 Å². The van der Waals surface area contributed by atoms with Crippen LogP contribution >= 0.6 is 36.4 Å². The molecule has 0 saturated carbocycles. The van der Waals surface area contributed by atoms with Crippen molar-refractivity contribution >= 4 is 42.4 Å². The van der Waals surface area contributed by atoms with Gasteiger partial charge in [0.1, 0.15) is 6.33 Å². The van der Waals surface area contributed by atoms with Crippen LogP contribution in [0.2, 0.25) is 5.28 Å².